The molecule has 1 aliphatic rings. The van der Waals surface area contributed by atoms with Gasteiger partial charge in [0.25, 0.3) is 5.91 Å². The molecule has 0 spiro atoms. The van der Waals surface area contributed by atoms with E-state index in [1.165, 1.54) is 11.8 Å². The van der Waals surface area contributed by atoms with E-state index in [-0.39, 0.29) is 24.4 Å². The van der Waals surface area contributed by atoms with Gasteiger partial charge in [0.15, 0.2) is 0 Å². The van der Waals surface area contributed by atoms with Crippen LogP contribution in [0.25, 0.3) is 11.1 Å². The van der Waals surface area contributed by atoms with E-state index in [0.29, 0.717) is 30.0 Å². The number of nitrogens with two attached hydrogens (primary N) is 1. The maximum Gasteiger partial charge on any atom is 0.411 e. The van der Waals surface area contributed by atoms with Crippen molar-refractivity contribution in [2.24, 2.45) is 5.73 Å². The number of nitrogens with one attached hydrogen (secondary N) is 1. The summed E-state index contributed by atoms with van der Waals surface area (Å²) in [7, 11) is 0. The SMILES string of the molecule is CC(=O)N1c2ccc(-c3ccc(C(=O)NCCN)cc3)cc2N(C(=O)O)CC1C. The van der Waals surface area contributed by atoms with Crippen LogP contribution < -0.4 is 20.9 Å². The first-order chi connectivity index (χ1) is 13.8. The molecule has 0 radical (unpaired) electrons. The molecule has 0 bridgehead atoms. The van der Waals surface area contributed by atoms with Crippen LogP contribution in [0.4, 0.5) is 16.2 Å². The number of rotatable bonds is 4. The van der Waals surface area contributed by atoms with Crippen LogP contribution in [-0.2, 0) is 4.79 Å². The quantitative estimate of drug-likeness (QED) is 0.733. The first-order valence-electron chi connectivity index (χ1n) is 9.36. The van der Waals surface area contributed by atoms with Gasteiger partial charge in [0.05, 0.1) is 17.4 Å². The fraction of sp³-hybridized carbons (Fsp3) is 0.286. The van der Waals surface area contributed by atoms with Gasteiger partial charge in [-0.3, -0.25) is 14.5 Å². The maximum absolute atomic E-state index is 12.1. The first kappa shape index (κ1) is 20.3. The van der Waals surface area contributed by atoms with E-state index in [0.717, 1.165) is 11.1 Å². The second-order valence-electron chi connectivity index (χ2n) is 6.96. The molecule has 3 rings (SSSR count). The Bertz CT molecular complexity index is 942. The van der Waals surface area contributed by atoms with Crippen LogP contribution in [0, 0.1) is 0 Å². The van der Waals surface area contributed by atoms with Gasteiger partial charge >= 0.3 is 6.09 Å². The lowest BCUT2D eigenvalue weighted by Crippen LogP contribution is -2.51. The molecule has 3 amide bonds. The molecule has 1 atom stereocenters. The van der Waals surface area contributed by atoms with Crippen molar-refractivity contribution in [2.75, 3.05) is 29.4 Å². The standard InChI is InChI=1S/C21H24N4O4/c1-13-12-24(21(28)29)19-11-17(7-8-18(19)25(13)14(2)26)15-3-5-16(6-4-15)20(27)23-10-9-22/h3-8,11,13H,9-10,12,22H2,1-2H3,(H,23,27)(H,28,29). The fourth-order valence-corrected chi connectivity index (χ4v) is 3.57. The highest BCUT2D eigenvalue weighted by Gasteiger charge is 2.33. The lowest BCUT2D eigenvalue weighted by molar-refractivity contribution is -0.117. The number of fused-ring (bicyclic) bond motifs is 1. The monoisotopic (exact) mass is 396 g/mol. The fourth-order valence-electron chi connectivity index (χ4n) is 3.57. The molecule has 4 N–H and O–H groups in total. The molecule has 0 fully saturated rings. The number of carboxylic acid groups (broad SMARTS) is 1. The van der Waals surface area contributed by atoms with Crippen molar-refractivity contribution in [3.05, 3.63) is 48.0 Å². The minimum Gasteiger partial charge on any atom is -0.465 e. The zero-order valence-electron chi connectivity index (χ0n) is 16.4. The van der Waals surface area contributed by atoms with Gasteiger partial charge < -0.3 is 21.1 Å². The van der Waals surface area contributed by atoms with E-state index in [1.807, 2.05) is 13.0 Å². The third kappa shape index (κ3) is 4.07. The van der Waals surface area contributed by atoms with Crippen LogP contribution in [0.3, 0.4) is 0 Å². The summed E-state index contributed by atoms with van der Waals surface area (Å²) in [6.45, 7) is 4.27. The molecule has 0 saturated heterocycles. The maximum atomic E-state index is 12.1. The molecule has 0 saturated carbocycles. The number of carbonyl (C=O) groups excluding carboxylic acids is 2. The Hall–Kier alpha value is -3.39. The second kappa shape index (κ2) is 8.32. The molecule has 8 heteroatoms. The first-order valence-corrected chi connectivity index (χ1v) is 9.36. The Labute approximate surface area is 168 Å². The lowest BCUT2D eigenvalue weighted by Gasteiger charge is -2.39. The molecule has 1 aliphatic heterocycles. The van der Waals surface area contributed by atoms with Crippen molar-refractivity contribution in [2.45, 2.75) is 19.9 Å². The average molecular weight is 396 g/mol. The molecule has 29 heavy (non-hydrogen) atoms. The summed E-state index contributed by atoms with van der Waals surface area (Å²) < 4.78 is 0. The average Bonchev–Trinajstić information content (AvgIpc) is 2.70. The number of amides is 3. The van der Waals surface area contributed by atoms with Gasteiger partial charge in [-0.1, -0.05) is 18.2 Å². The van der Waals surface area contributed by atoms with Gasteiger partial charge in [-0.25, -0.2) is 4.79 Å². The number of hydrogen-bond donors (Lipinski definition) is 3. The van der Waals surface area contributed by atoms with Gasteiger partial charge in [-0.2, -0.15) is 0 Å². The molecular formula is C21H24N4O4. The molecular weight excluding hydrogens is 372 g/mol. The summed E-state index contributed by atoms with van der Waals surface area (Å²) in [5, 5.41) is 12.3. The van der Waals surface area contributed by atoms with Crippen molar-refractivity contribution in [3.63, 3.8) is 0 Å². The van der Waals surface area contributed by atoms with Gasteiger partial charge in [0.1, 0.15) is 0 Å². The molecule has 1 unspecified atom stereocenters. The molecule has 8 nitrogen and oxygen atoms in total. The van der Waals surface area contributed by atoms with Crippen molar-refractivity contribution in [1.82, 2.24) is 5.32 Å². The van der Waals surface area contributed by atoms with Crippen LogP contribution in [0.15, 0.2) is 42.5 Å². The van der Waals surface area contributed by atoms with E-state index in [9.17, 15) is 19.5 Å². The van der Waals surface area contributed by atoms with Gasteiger partial charge in [-0.15, -0.1) is 0 Å². The van der Waals surface area contributed by atoms with Crippen LogP contribution in [-0.4, -0.2) is 48.7 Å². The van der Waals surface area contributed by atoms with Crippen molar-refractivity contribution >= 4 is 29.3 Å². The molecule has 0 aliphatic carbocycles. The number of benzene rings is 2. The summed E-state index contributed by atoms with van der Waals surface area (Å²) in [5.41, 5.74) is 8.58. The van der Waals surface area contributed by atoms with Crippen molar-refractivity contribution in [1.29, 1.82) is 0 Å². The highest BCUT2D eigenvalue weighted by atomic mass is 16.4. The zero-order valence-corrected chi connectivity index (χ0v) is 16.4. The Morgan fingerprint density at radius 2 is 1.76 bits per heavy atom. The predicted molar refractivity (Wildman–Crippen MR) is 111 cm³/mol. The topological polar surface area (TPSA) is 116 Å². The molecule has 2 aromatic rings. The summed E-state index contributed by atoms with van der Waals surface area (Å²) in [4.78, 5) is 38.7. The van der Waals surface area contributed by atoms with Crippen molar-refractivity contribution < 1.29 is 19.5 Å². The second-order valence-corrected chi connectivity index (χ2v) is 6.96. The number of hydrogen-bond acceptors (Lipinski definition) is 4. The van der Waals surface area contributed by atoms with E-state index in [2.05, 4.69) is 5.32 Å². The Morgan fingerprint density at radius 3 is 2.34 bits per heavy atom. The number of anilines is 2. The summed E-state index contributed by atoms with van der Waals surface area (Å²) in [6, 6.07) is 12.1. The van der Waals surface area contributed by atoms with E-state index < -0.39 is 6.09 Å². The van der Waals surface area contributed by atoms with Gasteiger partial charge in [0.2, 0.25) is 5.91 Å². The Balaban J connectivity index is 1.96. The minimum atomic E-state index is -1.06. The minimum absolute atomic E-state index is 0.135. The summed E-state index contributed by atoms with van der Waals surface area (Å²) >= 11 is 0. The van der Waals surface area contributed by atoms with Crippen LogP contribution in [0.1, 0.15) is 24.2 Å². The largest absolute Gasteiger partial charge is 0.465 e. The normalized spacial score (nSPS) is 15.6. The molecule has 1 heterocycles. The molecule has 2 aromatic carbocycles. The van der Waals surface area contributed by atoms with Crippen LogP contribution >= 0.6 is 0 Å². The predicted octanol–water partition coefficient (Wildman–Crippen LogP) is 2.28. The third-order valence-corrected chi connectivity index (χ3v) is 4.89. The van der Waals surface area contributed by atoms with E-state index in [4.69, 9.17) is 5.73 Å². The third-order valence-electron chi connectivity index (χ3n) is 4.89. The zero-order chi connectivity index (χ0) is 21.1. The smallest absolute Gasteiger partial charge is 0.411 e. The summed E-state index contributed by atoms with van der Waals surface area (Å²) in [5.74, 6) is -0.333. The van der Waals surface area contributed by atoms with Crippen molar-refractivity contribution in [3.8, 4) is 11.1 Å². The molecule has 0 aromatic heterocycles. The molecule has 152 valence electrons. The van der Waals surface area contributed by atoms with E-state index >= 15 is 0 Å². The number of carbonyl (C=O) groups is 3. The van der Waals surface area contributed by atoms with Crippen LogP contribution in [0.2, 0.25) is 0 Å². The van der Waals surface area contributed by atoms with E-state index in [1.54, 1.807) is 41.3 Å². The Kier molecular flexibility index (Phi) is 5.84. The van der Waals surface area contributed by atoms with Gasteiger partial charge in [0, 0.05) is 32.1 Å². The summed E-state index contributed by atoms with van der Waals surface area (Å²) in [6.07, 6.45) is -1.06. The Morgan fingerprint density at radius 1 is 1.10 bits per heavy atom. The van der Waals surface area contributed by atoms with Gasteiger partial charge in [-0.05, 0) is 42.3 Å². The lowest BCUT2D eigenvalue weighted by atomic mass is 10.00. The highest BCUT2D eigenvalue weighted by Crippen LogP contribution is 2.38. The highest BCUT2D eigenvalue weighted by molar-refractivity contribution is 6.03. The number of nitrogens with zero attached hydrogens (tertiary/aromatic N) is 2. The van der Waals surface area contributed by atoms with Crippen LogP contribution in [0.5, 0.6) is 0 Å².